The van der Waals surface area contributed by atoms with Gasteiger partial charge < -0.3 is 4.90 Å². The van der Waals surface area contributed by atoms with Gasteiger partial charge in [0.1, 0.15) is 5.70 Å². The Morgan fingerprint density at radius 2 is 1.75 bits per heavy atom. The van der Waals surface area contributed by atoms with Crippen LogP contribution in [0.3, 0.4) is 0 Å². The molecular formula is C23H25N3O2. The molecule has 0 saturated carbocycles. The van der Waals surface area contributed by atoms with Crippen LogP contribution in [-0.4, -0.2) is 39.7 Å². The van der Waals surface area contributed by atoms with Gasteiger partial charge in [0, 0.05) is 19.3 Å². The number of imide groups is 1. The number of rotatable bonds is 4. The highest BCUT2D eigenvalue weighted by Crippen LogP contribution is 2.35. The topological polar surface area (TPSA) is 53.5 Å². The van der Waals surface area contributed by atoms with Gasteiger partial charge in [0.2, 0.25) is 0 Å². The van der Waals surface area contributed by atoms with Crippen LogP contribution in [0.5, 0.6) is 0 Å². The first-order chi connectivity index (χ1) is 13.6. The molecule has 0 radical (unpaired) electrons. The quantitative estimate of drug-likeness (QED) is 0.768. The average Bonchev–Trinajstić information content (AvgIpc) is 2.94. The molecule has 5 heteroatoms. The van der Waals surface area contributed by atoms with E-state index in [0.717, 1.165) is 42.6 Å². The van der Waals surface area contributed by atoms with Crippen LogP contribution < -0.4 is 0 Å². The number of aryl methyl sites for hydroxylation is 2. The molecular weight excluding hydrogens is 350 g/mol. The van der Waals surface area contributed by atoms with Crippen molar-refractivity contribution in [3.8, 4) is 0 Å². The number of piperidine rings is 1. The molecule has 0 N–H and O–H groups in total. The minimum atomic E-state index is -0.219. The van der Waals surface area contributed by atoms with Gasteiger partial charge in [-0.2, -0.15) is 0 Å². The van der Waals surface area contributed by atoms with E-state index < -0.39 is 0 Å². The summed E-state index contributed by atoms with van der Waals surface area (Å²) in [7, 11) is 0. The van der Waals surface area contributed by atoms with Crippen molar-refractivity contribution in [2.45, 2.75) is 39.7 Å². The van der Waals surface area contributed by atoms with E-state index in [4.69, 9.17) is 0 Å². The van der Waals surface area contributed by atoms with E-state index in [1.54, 1.807) is 6.20 Å². The van der Waals surface area contributed by atoms with Crippen molar-refractivity contribution >= 4 is 17.4 Å². The third-order valence-corrected chi connectivity index (χ3v) is 5.51. The number of carbonyl (C=O) groups is 2. The van der Waals surface area contributed by atoms with E-state index in [1.165, 1.54) is 11.3 Å². The lowest BCUT2D eigenvalue weighted by molar-refractivity contribution is -0.138. The molecule has 1 fully saturated rings. The highest BCUT2D eigenvalue weighted by molar-refractivity contribution is 6.35. The summed E-state index contributed by atoms with van der Waals surface area (Å²) in [5.41, 5.74) is 4.83. The normalized spacial score (nSPS) is 17.6. The molecule has 0 spiro atoms. The zero-order chi connectivity index (χ0) is 19.7. The molecule has 1 aromatic carbocycles. The average molecular weight is 375 g/mol. The van der Waals surface area contributed by atoms with Crippen LogP contribution in [0.1, 0.15) is 41.6 Å². The number of hydrogen-bond acceptors (Lipinski definition) is 4. The molecule has 3 heterocycles. The van der Waals surface area contributed by atoms with Crippen LogP contribution in [0.25, 0.3) is 5.57 Å². The number of hydrogen-bond donors (Lipinski definition) is 0. The van der Waals surface area contributed by atoms with Crippen molar-refractivity contribution < 1.29 is 9.59 Å². The minimum Gasteiger partial charge on any atom is -0.366 e. The molecule has 0 aliphatic carbocycles. The fourth-order valence-corrected chi connectivity index (χ4v) is 4.11. The first-order valence-corrected chi connectivity index (χ1v) is 9.89. The largest absolute Gasteiger partial charge is 0.366 e. The van der Waals surface area contributed by atoms with Crippen LogP contribution in [0, 0.1) is 13.8 Å². The SMILES string of the molecule is Cc1ccc(C2=C(N3CCCCC3)C(=O)N(Cc3ccccn3)C2=O)c(C)c1. The second-order valence-corrected chi connectivity index (χ2v) is 7.61. The van der Waals surface area contributed by atoms with Crippen molar-refractivity contribution in [3.63, 3.8) is 0 Å². The standard InChI is InChI=1S/C23H25N3O2/c1-16-9-10-19(17(2)14-16)20-21(25-12-6-3-7-13-25)23(28)26(22(20)27)15-18-8-4-5-11-24-18/h4-5,8-11,14H,3,6-7,12-13,15H2,1-2H3. The molecule has 1 aromatic heterocycles. The van der Waals surface area contributed by atoms with Gasteiger partial charge in [-0.05, 0) is 56.4 Å². The maximum Gasteiger partial charge on any atom is 0.278 e. The van der Waals surface area contributed by atoms with Gasteiger partial charge in [-0.15, -0.1) is 0 Å². The predicted octanol–water partition coefficient (Wildman–Crippen LogP) is 3.46. The zero-order valence-electron chi connectivity index (χ0n) is 16.4. The molecule has 5 nitrogen and oxygen atoms in total. The lowest BCUT2D eigenvalue weighted by Crippen LogP contribution is -2.37. The van der Waals surface area contributed by atoms with Crippen LogP contribution in [0.2, 0.25) is 0 Å². The number of carbonyl (C=O) groups excluding carboxylic acids is 2. The van der Waals surface area contributed by atoms with Crippen LogP contribution in [0.4, 0.5) is 0 Å². The summed E-state index contributed by atoms with van der Waals surface area (Å²) < 4.78 is 0. The Kier molecular flexibility index (Phi) is 4.99. The first-order valence-electron chi connectivity index (χ1n) is 9.89. The Morgan fingerprint density at radius 3 is 2.43 bits per heavy atom. The van der Waals surface area contributed by atoms with Crippen molar-refractivity contribution in [2.75, 3.05) is 13.1 Å². The second kappa shape index (κ2) is 7.58. The molecule has 2 aliphatic heterocycles. The summed E-state index contributed by atoms with van der Waals surface area (Å²) >= 11 is 0. The van der Waals surface area contributed by atoms with E-state index in [1.807, 2.05) is 44.2 Å². The summed E-state index contributed by atoms with van der Waals surface area (Å²) in [6.07, 6.45) is 4.95. The predicted molar refractivity (Wildman–Crippen MR) is 108 cm³/mol. The van der Waals surface area contributed by atoms with Crippen LogP contribution in [0.15, 0.2) is 48.3 Å². The molecule has 2 aromatic rings. The molecule has 2 aliphatic rings. The van der Waals surface area contributed by atoms with Gasteiger partial charge in [0.25, 0.3) is 11.8 Å². The van der Waals surface area contributed by atoms with Gasteiger partial charge in [0.05, 0.1) is 17.8 Å². The fraction of sp³-hybridized carbons (Fsp3) is 0.348. The Morgan fingerprint density at radius 1 is 0.964 bits per heavy atom. The summed E-state index contributed by atoms with van der Waals surface area (Å²) in [6.45, 7) is 5.87. The second-order valence-electron chi connectivity index (χ2n) is 7.61. The maximum absolute atomic E-state index is 13.4. The van der Waals surface area contributed by atoms with Gasteiger partial charge >= 0.3 is 0 Å². The van der Waals surface area contributed by atoms with Crippen molar-refractivity contribution in [1.82, 2.24) is 14.8 Å². The highest BCUT2D eigenvalue weighted by atomic mass is 16.2. The maximum atomic E-state index is 13.4. The highest BCUT2D eigenvalue weighted by Gasteiger charge is 2.42. The van der Waals surface area contributed by atoms with Gasteiger partial charge in [0.15, 0.2) is 0 Å². The number of amides is 2. The molecule has 144 valence electrons. The molecule has 2 amide bonds. The van der Waals surface area contributed by atoms with Gasteiger partial charge in [-0.3, -0.25) is 19.5 Å². The Labute approximate surface area is 165 Å². The lowest BCUT2D eigenvalue weighted by Gasteiger charge is -2.29. The molecule has 1 saturated heterocycles. The first kappa shape index (κ1) is 18.4. The van der Waals surface area contributed by atoms with Crippen molar-refractivity contribution in [2.24, 2.45) is 0 Å². The summed E-state index contributed by atoms with van der Waals surface area (Å²) in [5, 5.41) is 0. The van der Waals surface area contributed by atoms with Crippen molar-refractivity contribution in [3.05, 3.63) is 70.7 Å². The molecule has 0 bridgehead atoms. The number of nitrogens with zero attached hydrogens (tertiary/aromatic N) is 3. The van der Waals surface area contributed by atoms with Crippen LogP contribution >= 0.6 is 0 Å². The smallest absolute Gasteiger partial charge is 0.278 e. The lowest BCUT2D eigenvalue weighted by atomic mass is 9.97. The minimum absolute atomic E-state index is 0.199. The molecule has 0 unspecified atom stereocenters. The number of benzene rings is 1. The molecule has 28 heavy (non-hydrogen) atoms. The summed E-state index contributed by atoms with van der Waals surface area (Å²) in [6, 6.07) is 11.6. The van der Waals surface area contributed by atoms with Gasteiger partial charge in [-0.25, -0.2) is 0 Å². The number of aromatic nitrogens is 1. The molecule has 4 rings (SSSR count). The van der Waals surface area contributed by atoms with E-state index >= 15 is 0 Å². The summed E-state index contributed by atoms with van der Waals surface area (Å²) in [5.74, 6) is -0.421. The monoisotopic (exact) mass is 375 g/mol. The van der Waals surface area contributed by atoms with E-state index in [2.05, 4.69) is 16.0 Å². The van der Waals surface area contributed by atoms with Crippen LogP contribution in [-0.2, 0) is 16.1 Å². The Balaban J connectivity index is 1.78. The van der Waals surface area contributed by atoms with Gasteiger partial charge in [-0.1, -0.05) is 29.8 Å². The third kappa shape index (κ3) is 3.33. The van der Waals surface area contributed by atoms with E-state index in [9.17, 15) is 9.59 Å². The van der Waals surface area contributed by atoms with Crippen molar-refractivity contribution in [1.29, 1.82) is 0 Å². The Bertz CT molecular complexity index is 944. The number of likely N-dealkylation sites (tertiary alicyclic amines) is 1. The summed E-state index contributed by atoms with van der Waals surface area (Å²) in [4.78, 5) is 34.5. The third-order valence-electron chi connectivity index (χ3n) is 5.51. The molecule has 0 atom stereocenters. The fourth-order valence-electron chi connectivity index (χ4n) is 4.11. The van der Waals surface area contributed by atoms with E-state index in [0.29, 0.717) is 17.0 Å². The van der Waals surface area contributed by atoms with E-state index in [-0.39, 0.29) is 18.4 Å². The zero-order valence-corrected chi connectivity index (χ0v) is 16.4. The Hall–Kier alpha value is -2.95. The number of pyridine rings is 1.